The van der Waals surface area contributed by atoms with E-state index in [0.717, 1.165) is 50.7 Å². The number of fused-ring (bicyclic) bond motifs is 3. The fraction of sp³-hybridized carbons (Fsp3) is 0. The van der Waals surface area contributed by atoms with Gasteiger partial charge in [0.1, 0.15) is 0 Å². The van der Waals surface area contributed by atoms with Gasteiger partial charge in [-0.05, 0) is 71.8 Å². The maximum absolute atomic E-state index is 6.81. The Kier molecular flexibility index (Phi) is 6.62. The minimum atomic E-state index is 0.748. The Balaban J connectivity index is 1.43. The molecule has 0 radical (unpaired) electrons. The molecule has 214 valence electrons. The highest BCUT2D eigenvalue weighted by atomic mass is 15.1. The summed E-state index contributed by atoms with van der Waals surface area (Å²) in [6, 6.07) is 61.9. The molecule has 2 N–H and O–H groups in total. The number of hydrogen-bond donors (Lipinski definition) is 1. The number of hydrogen-bond acceptors (Lipinski definition) is 2. The molecular formula is C42H31N3. The molecule has 0 fully saturated rings. The zero-order valence-corrected chi connectivity index (χ0v) is 24.7. The second kappa shape index (κ2) is 11.2. The fourth-order valence-electron chi connectivity index (χ4n) is 6.57. The van der Waals surface area contributed by atoms with Crippen molar-refractivity contribution >= 4 is 44.6 Å². The van der Waals surface area contributed by atoms with E-state index in [4.69, 9.17) is 5.73 Å². The number of nitrogens with two attached hydrogens (primary N) is 1. The van der Waals surface area contributed by atoms with Crippen LogP contribution in [0.2, 0.25) is 0 Å². The van der Waals surface area contributed by atoms with E-state index in [-0.39, 0.29) is 0 Å². The lowest BCUT2D eigenvalue weighted by Crippen LogP contribution is -2.12. The molecule has 0 spiro atoms. The molecule has 1 aromatic heterocycles. The molecule has 0 bridgehead atoms. The van der Waals surface area contributed by atoms with E-state index in [0.29, 0.717) is 0 Å². The van der Waals surface area contributed by atoms with Gasteiger partial charge >= 0.3 is 0 Å². The fourth-order valence-corrected chi connectivity index (χ4v) is 6.57. The molecule has 0 atom stereocenters. The number of rotatable bonds is 6. The molecule has 0 unspecified atom stereocenters. The number of benzene rings is 7. The highest BCUT2D eigenvalue weighted by molar-refractivity contribution is 6.11. The monoisotopic (exact) mass is 577 g/mol. The van der Waals surface area contributed by atoms with Crippen molar-refractivity contribution in [2.75, 3.05) is 10.6 Å². The van der Waals surface area contributed by atoms with Crippen LogP contribution in [0.4, 0.5) is 22.7 Å². The molecule has 45 heavy (non-hydrogen) atoms. The van der Waals surface area contributed by atoms with Gasteiger partial charge in [0, 0.05) is 44.6 Å². The van der Waals surface area contributed by atoms with Gasteiger partial charge < -0.3 is 15.2 Å². The lowest BCUT2D eigenvalue weighted by molar-refractivity contribution is 1.18. The third-order valence-corrected chi connectivity index (χ3v) is 8.52. The molecule has 0 saturated carbocycles. The van der Waals surface area contributed by atoms with Crippen LogP contribution in [-0.2, 0) is 0 Å². The van der Waals surface area contributed by atoms with Crippen LogP contribution < -0.4 is 10.6 Å². The number of aromatic nitrogens is 1. The average molecular weight is 578 g/mol. The quantitative estimate of drug-likeness (QED) is 0.199. The third-order valence-electron chi connectivity index (χ3n) is 8.52. The molecule has 0 saturated heterocycles. The zero-order chi connectivity index (χ0) is 30.2. The van der Waals surface area contributed by atoms with Crippen LogP contribution in [-0.4, -0.2) is 4.57 Å². The van der Waals surface area contributed by atoms with Crippen molar-refractivity contribution in [2.24, 2.45) is 0 Å². The molecule has 0 aliphatic heterocycles. The van der Waals surface area contributed by atoms with Crippen molar-refractivity contribution < 1.29 is 0 Å². The van der Waals surface area contributed by atoms with Crippen LogP contribution in [0.1, 0.15) is 0 Å². The summed E-state index contributed by atoms with van der Waals surface area (Å²) in [6.45, 7) is 0. The van der Waals surface area contributed by atoms with Gasteiger partial charge in [-0.25, -0.2) is 0 Å². The Labute approximate surface area is 263 Å². The molecule has 3 heteroatoms. The van der Waals surface area contributed by atoms with Crippen LogP contribution in [0.3, 0.4) is 0 Å². The minimum absolute atomic E-state index is 0.748. The molecule has 1 heterocycles. The van der Waals surface area contributed by atoms with Crippen LogP contribution >= 0.6 is 0 Å². The van der Waals surface area contributed by atoms with Gasteiger partial charge in [-0.1, -0.05) is 115 Å². The summed E-state index contributed by atoms with van der Waals surface area (Å²) < 4.78 is 2.35. The van der Waals surface area contributed by atoms with E-state index in [1.165, 1.54) is 21.8 Å². The maximum Gasteiger partial charge on any atom is 0.0547 e. The van der Waals surface area contributed by atoms with E-state index in [2.05, 4.69) is 173 Å². The first-order chi connectivity index (χ1) is 22.3. The Morgan fingerprint density at radius 1 is 0.422 bits per heavy atom. The van der Waals surface area contributed by atoms with Gasteiger partial charge in [0.15, 0.2) is 0 Å². The van der Waals surface area contributed by atoms with Crippen molar-refractivity contribution in [3.63, 3.8) is 0 Å². The normalized spacial score (nSPS) is 11.2. The van der Waals surface area contributed by atoms with Crippen molar-refractivity contribution in [3.05, 3.63) is 176 Å². The van der Waals surface area contributed by atoms with Crippen LogP contribution in [0.15, 0.2) is 176 Å². The minimum Gasteiger partial charge on any atom is -0.398 e. The van der Waals surface area contributed by atoms with Crippen molar-refractivity contribution in [1.82, 2.24) is 4.57 Å². The van der Waals surface area contributed by atoms with Gasteiger partial charge in [0.05, 0.1) is 16.7 Å². The van der Waals surface area contributed by atoms with Crippen molar-refractivity contribution in [1.29, 1.82) is 0 Å². The lowest BCUT2D eigenvalue weighted by atomic mass is 9.90. The van der Waals surface area contributed by atoms with Gasteiger partial charge in [-0.3, -0.25) is 0 Å². The Morgan fingerprint density at radius 3 is 1.67 bits per heavy atom. The summed E-state index contributed by atoms with van der Waals surface area (Å²) in [5, 5.41) is 2.42. The summed E-state index contributed by atoms with van der Waals surface area (Å²) in [5.74, 6) is 0. The number of nitrogen functional groups attached to an aromatic ring is 1. The van der Waals surface area contributed by atoms with E-state index >= 15 is 0 Å². The Hall–Kier alpha value is -6.06. The molecule has 0 aliphatic rings. The summed E-state index contributed by atoms with van der Waals surface area (Å²) in [6.07, 6.45) is 0. The third kappa shape index (κ3) is 4.62. The first-order valence-corrected chi connectivity index (χ1v) is 15.2. The first kappa shape index (κ1) is 26.6. The maximum atomic E-state index is 6.81. The highest BCUT2D eigenvalue weighted by Crippen LogP contribution is 2.48. The van der Waals surface area contributed by atoms with Gasteiger partial charge in [-0.15, -0.1) is 0 Å². The van der Waals surface area contributed by atoms with Gasteiger partial charge in [0.2, 0.25) is 0 Å². The zero-order valence-electron chi connectivity index (χ0n) is 24.7. The van der Waals surface area contributed by atoms with E-state index in [1.54, 1.807) is 0 Å². The predicted molar refractivity (Wildman–Crippen MR) is 191 cm³/mol. The molecule has 0 aliphatic carbocycles. The average Bonchev–Trinajstić information content (AvgIpc) is 3.44. The highest BCUT2D eigenvalue weighted by Gasteiger charge is 2.23. The molecule has 7 aromatic carbocycles. The number of nitrogens with zero attached hydrogens (tertiary/aromatic N) is 2. The topological polar surface area (TPSA) is 34.2 Å². The first-order valence-electron chi connectivity index (χ1n) is 15.2. The standard InChI is InChI=1S/C42H31N3/c43-37-26-28-40(42(31-17-7-2-8-18-31)41(37)30-15-5-1-6-16-30)44(32-19-9-3-10-20-32)34-25-27-39-36(29-34)35-23-13-14-24-38(35)45(39)33-21-11-4-12-22-33/h1-29H,43H2. The van der Waals surface area contributed by atoms with Crippen LogP contribution in [0.5, 0.6) is 0 Å². The summed E-state index contributed by atoms with van der Waals surface area (Å²) >= 11 is 0. The summed E-state index contributed by atoms with van der Waals surface area (Å²) in [5.41, 5.74) is 18.6. The Bertz CT molecular complexity index is 2260. The van der Waals surface area contributed by atoms with Crippen molar-refractivity contribution in [3.8, 4) is 27.9 Å². The second-order valence-electron chi connectivity index (χ2n) is 11.2. The molecule has 8 aromatic rings. The molecule has 0 amide bonds. The second-order valence-corrected chi connectivity index (χ2v) is 11.2. The summed E-state index contributed by atoms with van der Waals surface area (Å²) in [4.78, 5) is 2.36. The van der Waals surface area contributed by atoms with E-state index < -0.39 is 0 Å². The smallest absolute Gasteiger partial charge is 0.0547 e. The van der Waals surface area contributed by atoms with Crippen molar-refractivity contribution in [2.45, 2.75) is 0 Å². The van der Waals surface area contributed by atoms with Gasteiger partial charge in [-0.2, -0.15) is 0 Å². The number of para-hydroxylation sites is 3. The molecule has 3 nitrogen and oxygen atoms in total. The van der Waals surface area contributed by atoms with Crippen LogP contribution in [0.25, 0.3) is 49.7 Å². The molecule has 8 rings (SSSR count). The summed E-state index contributed by atoms with van der Waals surface area (Å²) in [7, 11) is 0. The lowest BCUT2D eigenvalue weighted by Gasteiger charge is -2.30. The van der Waals surface area contributed by atoms with E-state index in [1.807, 2.05) is 12.1 Å². The largest absolute Gasteiger partial charge is 0.398 e. The molecular weight excluding hydrogens is 546 g/mol. The SMILES string of the molecule is Nc1ccc(N(c2ccccc2)c2ccc3c(c2)c2ccccc2n3-c2ccccc2)c(-c2ccccc2)c1-c1ccccc1. The van der Waals surface area contributed by atoms with Crippen LogP contribution in [0, 0.1) is 0 Å². The van der Waals surface area contributed by atoms with Gasteiger partial charge in [0.25, 0.3) is 0 Å². The predicted octanol–water partition coefficient (Wildman–Crippen LogP) is 11.2. The Morgan fingerprint density at radius 2 is 0.978 bits per heavy atom. The van der Waals surface area contributed by atoms with E-state index in [9.17, 15) is 0 Å². The number of anilines is 4.